The lowest BCUT2D eigenvalue weighted by Crippen LogP contribution is -2.35. The summed E-state index contributed by atoms with van der Waals surface area (Å²) in [6, 6.07) is 18.7. The fourth-order valence-corrected chi connectivity index (χ4v) is 4.41. The summed E-state index contributed by atoms with van der Waals surface area (Å²) in [5.74, 6) is -0.680. The molecule has 3 aromatic rings. The molecule has 0 spiro atoms. The molecule has 0 amide bonds. The van der Waals surface area contributed by atoms with Crippen molar-refractivity contribution in [2.45, 2.75) is 31.8 Å². The predicted octanol–water partition coefficient (Wildman–Crippen LogP) is 3.83. The van der Waals surface area contributed by atoms with Gasteiger partial charge in [0.2, 0.25) is 0 Å². The Morgan fingerprint density at radius 3 is 2.26 bits per heavy atom. The van der Waals surface area contributed by atoms with Gasteiger partial charge in [0.05, 0.1) is 43.4 Å². The normalized spacial score (nSPS) is 20.3. The van der Waals surface area contributed by atoms with Crippen molar-refractivity contribution < 1.29 is 14.3 Å². The number of ketones is 1. The number of rotatable bonds is 9. The topological polar surface area (TPSA) is 90.4 Å². The van der Waals surface area contributed by atoms with E-state index in [0.29, 0.717) is 19.6 Å². The van der Waals surface area contributed by atoms with Crippen LogP contribution in [0.5, 0.6) is 0 Å². The van der Waals surface area contributed by atoms with Gasteiger partial charge in [0, 0.05) is 12.6 Å². The Morgan fingerprint density at radius 1 is 0.971 bits per heavy atom. The van der Waals surface area contributed by atoms with Crippen LogP contribution >= 0.6 is 15.9 Å². The monoisotopic (exact) mass is 524 g/mol. The van der Waals surface area contributed by atoms with Gasteiger partial charge in [-0.05, 0) is 22.2 Å². The number of benzene rings is 2. The van der Waals surface area contributed by atoms with Gasteiger partial charge in [0.15, 0.2) is 5.78 Å². The lowest BCUT2D eigenvalue weighted by atomic mass is 10.1. The molecule has 0 radical (unpaired) electrons. The van der Waals surface area contributed by atoms with Gasteiger partial charge in [-0.2, -0.15) is 0 Å². The van der Waals surface area contributed by atoms with Crippen LogP contribution in [0.15, 0.2) is 81.4 Å². The highest BCUT2D eigenvalue weighted by Crippen LogP contribution is 2.34. The molecule has 0 unspecified atom stereocenters. The van der Waals surface area contributed by atoms with Crippen LogP contribution in [0.1, 0.15) is 29.2 Å². The Bertz CT molecular complexity index is 1250. The largest absolute Gasteiger partial charge is 0.376 e. The third-order valence-corrected chi connectivity index (χ3v) is 6.15. The van der Waals surface area contributed by atoms with E-state index in [2.05, 4.69) is 20.9 Å². The maximum Gasteiger partial charge on any atom is 0.329 e. The molecule has 2 aromatic carbocycles. The molecule has 0 aliphatic heterocycles. The van der Waals surface area contributed by atoms with Crippen molar-refractivity contribution in [3.05, 3.63) is 109 Å². The van der Waals surface area contributed by atoms with E-state index in [1.54, 1.807) is 0 Å². The molecule has 176 valence electrons. The van der Waals surface area contributed by atoms with Crippen molar-refractivity contribution in [3.8, 4) is 0 Å². The highest BCUT2D eigenvalue weighted by Gasteiger charge is 2.44. The molecule has 1 saturated carbocycles. The van der Waals surface area contributed by atoms with Gasteiger partial charge < -0.3 is 9.47 Å². The second-order valence-electron chi connectivity index (χ2n) is 8.14. The average Bonchev–Trinajstić information content (AvgIpc) is 3.16. The third-order valence-electron chi connectivity index (χ3n) is 5.89. The molecule has 1 aromatic heterocycles. The summed E-state index contributed by atoms with van der Waals surface area (Å²) in [5, 5.41) is 0. The number of hydrogen-bond donors (Lipinski definition) is 1. The zero-order valence-electron chi connectivity index (χ0n) is 18.4. The number of nitrogens with one attached hydrogen (secondary N) is 1. The van der Waals surface area contributed by atoms with Crippen LogP contribution in [0.2, 0.25) is 0 Å². The molecular formula is C26H25BrN2O5. The Hall–Kier alpha value is -3.07. The van der Waals surface area contributed by atoms with Crippen LogP contribution < -0.4 is 11.2 Å². The van der Waals surface area contributed by atoms with E-state index in [9.17, 15) is 14.4 Å². The number of Topliss-reactive ketones (excluding diaryl/α,β-unsaturated/α-hetero) is 1. The lowest BCUT2D eigenvalue weighted by molar-refractivity contribution is -0.128. The summed E-state index contributed by atoms with van der Waals surface area (Å²) in [4.78, 5) is 41.9. The van der Waals surface area contributed by atoms with Gasteiger partial charge in [-0.15, -0.1) is 0 Å². The van der Waals surface area contributed by atoms with Gasteiger partial charge in [0.25, 0.3) is 5.56 Å². The molecule has 1 heterocycles. The van der Waals surface area contributed by atoms with Crippen LogP contribution in [0.3, 0.4) is 0 Å². The molecule has 4 rings (SSSR count). The van der Waals surface area contributed by atoms with Crippen molar-refractivity contribution in [2.24, 2.45) is 5.92 Å². The number of halogens is 1. The minimum Gasteiger partial charge on any atom is -0.376 e. The fraction of sp³-hybridized carbons (Fsp3) is 0.269. The second kappa shape index (κ2) is 11.4. The number of ether oxygens (including phenoxy) is 2. The van der Waals surface area contributed by atoms with E-state index in [0.717, 1.165) is 11.1 Å². The quantitative estimate of drug-likeness (QED) is 0.459. The predicted molar refractivity (Wildman–Crippen MR) is 133 cm³/mol. The zero-order chi connectivity index (χ0) is 23.9. The van der Waals surface area contributed by atoms with Crippen molar-refractivity contribution in [1.29, 1.82) is 0 Å². The molecule has 3 atom stereocenters. The van der Waals surface area contributed by atoms with E-state index in [-0.39, 0.29) is 18.0 Å². The maximum atomic E-state index is 13.4. The number of aromatic amines is 1. The third kappa shape index (κ3) is 5.70. The number of aromatic nitrogens is 2. The minimum absolute atomic E-state index is 0.144. The molecule has 8 heteroatoms. The van der Waals surface area contributed by atoms with E-state index < -0.39 is 29.3 Å². The van der Waals surface area contributed by atoms with Crippen molar-refractivity contribution in [3.63, 3.8) is 0 Å². The number of H-pyrrole nitrogens is 1. The first-order valence-electron chi connectivity index (χ1n) is 11.0. The van der Waals surface area contributed by atoms with E-state index >= 15 is 0 Å². The highest BCUT2D eigenvalue weighted by molar-refractivity contribution is 9.11. The van der Waals surface area contributed by atoms with Gasteiger partial charge in [-0.3, -0.25) is 19.1 Å². The molecular weight excluding hydrogens is 500 g/mol. The molecule has 7 nitrogen and oxygen atoms in total. The van der Waals surface area contributed by atoms with Gasteiger partial charge >= 0.3 is 5.69 Å². The molecule has 1 aliphatic carbocycles. The molecule has 0 bridgehead atoms. The molecule has 1 N–H and O–H groups in total. The van der Waals surface area contributed by atoms with Crippen LogP contribution in [0.4, 0.5) is 0 Å². The summed E-state index contributed by atoms with van der Waals surface area (Å²) < 4.78 is 13.3. The van der Waals surface area contributed by atoms with Gasteiger partial charge in [-0.25, -0.2) is 4.79 Å². The number of carbonyl (C=O) groups is 1. The fourth-order valence-electron chi connectivity index (χ4n) is 4.13. The van der Waals surface area contributed by atoms with Crippen LogP contribution in [0.25, 0.3) is 6.08 Å². The molecule has 34 heavy (non-hydrogen) atoms. The standard InChI is InChI=1S/C26H25BrN2O5/c27-12-11-20-14-29(26(32)28-25(20)31)22-13-23(34-16-19-9-5-2-6-10-19)21(24(22)30)17-33-15-18-7-3-1-4-8-18/h1-12,14,21-23H,13,15-17H2,(H,28,31,32)/b12-11+/t21-,22+,23+/m1/s1. The number of nitrogens with zero attached hydrogens (tertiary/aromatic N) is 1. The van der Waals surface area contributed by atoms with Crippen LogP contribution in [0, 0.1) is 5.92 Å². The molecule has 0 saturated heterocycles. The Morgan fingerprint density at radius 2 is 1.62 bits per heavy atom. The van der Waals surface area contributed by atoms with Crippen LogP contribution in [-0.4, -0.2) is 28.0 Å². The lowest BCUT2D eigenvalue weighted by Gasteiger charge is -2.19. The first kappa shape index (κ1) is 24.1. The molecule has 1 aliphatic rings. The smallest absolute Gasteiger partial charge is 0.329 e. The Balaban J connectivity index is 1.55. The zero-order valence-corrected chi connectivity index (χ0v) is 20.0. The first-order valence-corrected chi connectivity index (χ1v) is 11.9. The van der Waals surface area contributed by atoms with Gasteiger partial charge in [-0.1, -0.05) is 76.6 Å². The van der Waals surface area contributed by atoms with Crippen molar-refractivity contribution >= 4 is 27.8 Å². The van der Waals surface area contributed by atoms with E-state index in [1.165, 1.54) is 21.8 Å². The van der Waals surface area contributed by atoms with E-state index in [4.69, 9.17) is 9.47 Å². The number of hydrogen-bond acceptors (Lipinski definition) is 5. The molecule has 1 fully saturated rings. The second-order valence-corrected chi connectivity index (χ2v) is 8.67. The Labute approximate surface area is 205 Å². The maximum absolute atomic E-state index is 13.4. The summed E-state index contributed by atoms with van der Waals surface area (Å²) in [6.45, 7) is 0.897. The summed E-state index contributed by atoms with van der Waals surface area (Å²) in [7, 11) is 0. The highest BCUT2D eigenvalue weighted by atomic mass is 79.9. The average molecular weight is 525 g/mol. The van der Waals surface area contributed by atoms with Crippen molar-refractivity contribution in [1.82, 2.24) is 9.55 Å². The minimum atomic E-state index is -0.752. The SMILES string of the molecule is O=C1[C@H](COCc2ccccc2)[C@@H](OCc2ccccc2)C[C@@H]1n1cc(/C=C/Br)c(=O)[nH]c1=O. The summed E-state index contributed by atoms with van der Waals surface area (Å²) >= 11 is 3.14. The summed E-state index contributed by atoms with van der Waals surface area (Å²) in [5.41, 5.74) is 1.14. The van der Waals surface area contributed by atoms with Crippen LogP contribution in [-0.2, 0) is 27.5 Å². The Kier molecular flexibility index (Phi) is 8.05. The van der Waals surface area contributed by atoms with Crippen molar-refractivity contribution in [2.75, 3.05) is 6.61 Å². The summed E-state index contributed by atoms with van der Waals surface area (Å²) in [6.07, 6.45) is 2.83. The number of carbonyl (C=O) groups excluding carboxylic acids is 1. The van der Waals surface area contributed by atoms with E-state index in [1.807, 2.05) is 60.7 Å². The first-order chi connectivity index (χ1) is 16.6. The van der Waals surface area contributed by atoms with Gasteiger partial charge in [0.1, 0.15) is 0 Å².